The van der Waals surface area contributed by atoms with Crippen LogP contribution in [0.25, 0.3) is 0 Å². The van der Waals surface area contributed by atoms with E-state index in [0.717, 1.165) is 0 Å². The van der Waals surface area contributed by atoms with Gasteiger partial charge in [0, 0.05) is 15.9 Å². The molecule has 0 aliphatic heterocycles. The number of rotatable bonds is 2. The summed E-state index contributed by atoms with van der Waals surface area (Å²) in [6, 6.07) is 0. The largest absolute Gasteiger partial charge is 0.436 e. The molecule has 0 radical (unpaired) electrons. The van der Waals surface area contributed by atoms with Crippen LogP contribution >= 0.6 is 15.9 Å². The maximum absolute atomic E-state index is 9.66. The lowest BCUT2D eigenvalue weighted by atomic mass is 10.9. The fourth-order valence-electron chi connectivity index (χ4n) is 0.342. The first kappa shape index (κ1) is 6.28. The van der Waals surface area contributed by atoms with Crippen molar-refractivity contribution in [1.29, 1.82) is 0 Å². The van der Waals surface area contributed by atoms with Crippen molar-refractivity contribution in [2.24, 2.45) is 0 Å². The molecule has 0 spiro atoms. The average molecular weight is 192 g/mol. The number of nitrogens with zero attached hydrogens (tertiary/aromatic N) is 1. The van der Waals surface area contributed by atoms with Crippen LogP contribution in [-0.2, 0) is 4.79 Å². The van der Waals surface area contributed by atoms with Crippen LogP contribution in [0.4, 0.5) is 0 Å². The fraction of sp³-hybridized carbons (Fsp3) is 0. The van der Waals surface area contributed by atoms with Gasteiger partial charge in [0.25, 0.3) is 17.2 Å². The van der Waals surface area contributed by atoms with E-state index in [-0.39, 0.29) is 12.4 Å². The van der Waals surface area contributed by atoms with E-state index in [0.29, 0.717) is 4.80 Å². The minimum Gasteiger partial charge on any atom is -0.436 e. The number of hydrogen-bond acceptors (Lipinski definition) is 4. The molecule has 0 amide bonds. The summed E-state index contributed by atoms with van der Waals surface area (Å²) in [4.78, 5) is 13.6. The van der Waals surface area contributed by atoms with Crippen molar-refractivity contribution < 1.29 is 13.9 Å². The molecule has 0 bridgehead atoms. The quantitative estimate of drug-likeness (QED) is 0.655. The van der Waals surface area contributed by atoms with Gasteiger partial charge in [-0.05, 0) is 0 Å². The molecule has 0 aliphatic rings. The Morgan fingerprint density at radius 3 is 3.11 bits per heavy atom. The van der Waals surface area contributed by atoms with Gasteiger partial charge in [-0.15, -0.1) is 0 Å². The van der Waals surface area contributed by atoms with Crippen LogP contribution < -0.4 is 4.74 Å². The predicted molar refractivity (Wildman–Crippen MR) is 30.9 cm³/mol. The van der Waals surface area contributed by atoms with E-state index < -0.39 is 0 Å². The highest BCUT2D eigenvalue weighted by Crippen LogP contribution is 2.13. The van der Waals surface area contributed by atoms with Crippen molar-refractivity contribution in [3.8, 4) is 5.88 Å². The first-order valence-electron chi connectivity index (χ1n) is 2.04. The van der Waals surface area contributed by atoms with Gasteiger partial charge in [0.2, 0.25) is 0 Å². The molecule has 1 heterocycles. The van der Waals surface area contributed by atoms with Crippen LogP contribution in [0.1, 0.15) is 0 Å². The molecule has 1 aromatic heterocycles. The molecule has 0 atom stereocenters. The van der Waals surface area contributed by atoms with Crippen molar-refractivity contribution in [3.05, 3.63) is 11.1 Å². The lowest BCUT2D eigenvalue weighted by Gasteiger charge is -1.81. The van der Waals surface area contributed by atoms with Crippen molar-refractivity contribution in [1.82, 2.24) is 4.98 Å². The normalized spacial score (nSPS) is 9.00. The number of carbonyl (C=O) groups is 1. The molecule has 0 aliphatic carbocycles. The van der Waals surface area contributed by atoms with Crippen molar-refractivity contribution in [2.75, 3.05) is 0 Å². The van der Waals surface area contributed by atoms with E-state index in [1.54, 1.807) is 0 Å². The Bertz CT molecular complexity index is 209. The first-order valence-corrected chi connectivity index (χ1v) is 2.83. The number of ether oxygens (including phenoxy) is 1. The van der Waals surface area contributed by atoms with Crippen LogP contribution in [0, 0.1) is 0 Å². The van der Waals surface area contributed by atoms with Gasteiger partial charge in [-0.2, -0.15) is 4.98 Å². The van der Waals surface area contributed by atoms with E-state index in [4.69, 9.17) is 0 Å². The summed E-state index contributed by atoms with van der Waals surface area (Å²) in [5, 5.41) is 0. The van der Waals surface area contributed by atoms with E-state index >= 15 is 0 Å². The van der Waals surface area contributed by atoms with E-state index in [2.05, 4.69) is 30.1 Å². The fourth-order valence-corrected chi connectivity index (χ4v) is 0.610. The van der Waals surface area contributed by atoms with Crippen molar-refractivity contribution in [2.45, 2.75) is 0 Å². The second kappa shape index (κ2) is 2.63. The Balaban J connectivity index is 2.72. The van der Waals surface area contributed by atoms with Crippen molar-refractivity contribution in [3.63, 3.8) is 0 Å². The molecule has 0 saturated carbocycles. The predicted octanol–water partition coefficient (Wildman–Crippen LogP) is 0.972. The van der Waals surface area contributed by atoms with Gasteiger partial charge < -0.3 is 9.15 Å². The SMILES string of the molecule is O=COc1coc(Br)n1. The maximum atomic E-state index is 9.66. The van der Waals surface area contributed by atoms with Gasteiger partial charge in [0.15, 0.2) is 6.26 Å². The summed E-state index contributed by atoms with van der Waals surface area (Å²) < 4.78 is 8.95. The van der Waals surface area contributed by atoms with Gasteiger partial charge in [-0.25, -0.2) is 0 Å². The number of oxazole rings is 1. The Morgan fingerprint density at radius 2 is 2.67 bits per heavy atom. The average Bonchev–Trinajstić information content (AvgIpc) is 2.17. The summed E-state index contributed by atoms with van der Waals surface area (Å²) in [5.74, 6) is 0.150. The molecule has 0 aromatic carbocycles. The minimum absolute atomic E-state index is 0.150. The molecular weight excluding hydrogens is 190 g/mol. The minimum atomic E-state index is 0.150. The van der Waals surface area contributed by atoms with E-state index in [1.807, 2.05) is 0 Å². The Morgan fingerprint density at radius 1 is 1.89 bits per heavy atom. The first-order chi connectivity index (χ1) is 4.33. The van der Waals surface area contributed by atoms with Gasteiger partial charge >= 0.3 is 0 Å². The smallest absolute Gasteiger partial charge is 0.299 e. The van der Waals surface area contributed by atoms with Crippen LogP contribution in [0.5, 0.6) is 5.88 Å². The number of aromatic nitrogens is 1. The Labute approximate surface area is 59.0 Å². The summed E-state index contributed by atoms with van der Waals surface area (Å²) in [7, 11) is 0. The summed E-state index contributed by atoms with van der Waals surface area (Å²) in [6.45, 7) is 0.282. The monoisotopic (exact) mass is 191 g/mol. The molecule has 0 fully saturated rings. The highest BCUT2D eigenvalue weighted by Gasteiger charge is 1.98. The second-order valence-electron chi connectivity index (χ2n) is 1.15. The third kappa shape index (κ3) is 1.53. The molecule has 0 saturated heterocycles. The molecule has 5 heteroatoms. The molecule has 0 unspecified atom stereocenters. The highest BCUT2D eigenvalue weighted by atomic mass is 79.9. The van der Waals surface area contributed by atoms with E-state index in [1.165, 1.54) is 6.26 Å². The Hall–Kier alpha value is -0.840. The maximum Gasteiger partial charge on any atom is 0.299 e. The molecule has 9 heavy (non-hydrogen) atoms. The lowest BCUT2D eigenvalue weighted by Crippen LogP contribution is -1.86. The number of carbonyl (C=O) groups excluding carboxylic acids is 1. The zero-order chi connectivity index (χ0) is 6.69. The van der Waals surface area contributed by atoms with Crippen LogP contribution in [0.2, 0.25) is 0 Å². The zero-order valence-corrected chi connectivity index (χ0v) is 5.79. The molecule has 4 nitrogen and oxygen atoms in total. The topological polar surface area (TPSA) is 52.3 Å². The highest BCUT2D eigenvalue weighted by molar-refractivity contribution is 9.10. The van der Waals surface area contributed by atoms with Gasteiger partial charge in [0.1, 0.15) is 0 Å². The summed E-state index contributed by atoms with van der Waals surface area (Å²) in [6.07, 6.45) is 1.22. The third-order valence-corrected chi connectivity index (χ3v) is 0.988. The van der Waals surface area contributed by atoms with Crippen LogP contribution in [-0.4, -0.2) is 11.5 Å². The third-order valence-electron chi connectivity index (χ3n) is 0.624. The summed E-state index contributed by atoms with van der Waals surface area (Å²) >= 11 is 2.93. The van der Waals surface area contributed by atoms with Crippen LogP contribution in [0.15, 0.2) is 15.5 Å². The molecule has 1 aromatic rings. The van der Waals surface area contributed by atoms with Crippen molar-refractivity contribution >= 4 is 22.4 Å². The van der Waals surface area contributed by atoms with E-state index in [9.17, 15) is 4.79 Å². The summed E-state index contributed by atoms with van der Waals surface area (Å²) in [5.41, 5.74) is 0. The zero-order valence-electron chi connectivity index (χ0n) is 4.20. The molecule has 0 N–H and O–H groups in total. The second-order valence-corrected chi connectivity index (χ2v) is 1.83. The van der Waals surface area contributed by atoms with Gasteiger partial charge in [-0.3, -0.25) is 4.79 Å². The Kier molecular flexibility index (Phi) is 1.84. The number of halogens is 1. The molecular formula is C4H2BrNO3. The standard InChI is InChI=1S/C4H2BrNO3/c5-4-6-3(1-8-4)9-2-7/h1-2H. The van der Waals surface area contributed by atoms with Crippen LogP contribution in [0.3, 0.4) is 0 Å². The van der Waals surface area contributed by atoms with Gasteiger partial charge in [0.05, 0.1) is 0 Å². The molecule has 48 valence electrons. The lowest BCUT2D eigenvalue weighted by molar-refractivity contribution is -0.120. The number of hydrogen-bond donors (Lipinski definition) is 0. The van der Waals surface area contributed by atoms with Gasteiger partial charge in [-0.1, -0.05) is 0 Å². The molecule has 1 rings (SSSR count).